The number of likely N-dealkylation sites (tertiary alicyclic amines) is 1. The monoisotopic (exact) mass is 643 g/mol. The Kier molecular flexibility index (Phi) is 11.2. The summed E-state index contributed by atoms with van der Waals surface area (Å²) in [5, 5.41) is 20.5. The Morgan fingerprint density at radius 1 is 1.07 bits per heavy atom. The Labute approximate surface area is 273 Å². The quantitative estimate of drug-likeness (QED) is 0.344. The second-order valence-electron chi connectivity index (χ2n) is 14.1. The highest BCUT2D eigenvalue weighted by Crippen LogP contribution is 2.66. The van der Waals surface area contributed by atoms with Crippen molar-refractivity contribution < 1.29 is 34.1 Å². The van der Waals surface area contributed by atoms with E-state index in [2.05, 4.69) is 18.9 Å². The van der Waals surface area contributed by atoms with Crippen LogP contribution in [0, 0.1) is 34.5 Å². The summed E-state index contributed by atoms with van der Waals surface area (Å²) < 4.78 is 5.32. The van der Waals surface area contributed by atoms with Gasteiger partial charge in [0.25, 0.3) is 0 Å². The lowest BCUT2D eigenvalue weighted by Crippen LogP contribution is -2.58. The Morgan fingerprint density at radius 2 is 1.76 bits per heavy atom. The molecule has 1 aromatic carbocycles. The van der Waals surface area contributed by atoms with Gasteiger partial charge in [-0.3, -0.25) is 14.4 Å². The number of Topliss-reactive ketones (excluding diaryl/α,β-unsaturated/α-hetero) is 1. The number of halogens is 1. The lowest BCUT2D eigenvalue weighted by atomic mass is 9.45. The maximum Gasteiger partial charge on any atom is 0.316 e. The molecule has 1 aliphatic heterocycles. The molecule has 4 aliphatic carbocycles. The fraction of sp³-hybridized carbons (Fsp3) is 0.667. The summed E-state index contributed by atoms with van der Waals surface area (Å²) in [4.78, 5) is 51.0. The molecule has 45 heavy (non-hydrogen) atoms. The van der Waals surface area contributed by atoms with E-state index in [0.717, 1.165) is 69.0 Å². The van der Waals surface area contributed by atoms with Gasteiger partial charge in [0.2, 0.25) is 0 Å². The number of fused-ring (bicyclic) bond motifs is 5. The molecular formula is C36H50ClNO7. The molecule has 5 aliphatic rings. The molecule has 0 aromatic heterocycles. The number of ketones is 2. The first-order valence-electron chi connectivity index (χ1n) is 16.5. The lowest BCUT2D eigenvalue weighted by molar-refractivity contribution is -0.157. The van der Waals surface area contributed by atoms with Crippen LogP contribution >= 0.6 is 12.4 Å². The minimum atomic E-state index is -0.831. The Morgan fingerprint density at radius 3 is 2.38 bits per heavy atom. The number of aliphatic hydroxyl groups excluding tert-OH is 2. The molecule has 1 aromatic rings. The van der Waals surface area contributed by atoms with Gasteiger partial charge in [-0.1, -0.05) is 42.8 Å². The predicted octanol–water partition coefficient (Wildman–Crippen LogP) is 4.48. The Hall–Kier alpha value is -2.39. The minimum Gasteiger partial charge on any atom is -0.465 e. The van der Waals surface area contributed by atoms with Crippen LogP contribution in [-0.2, 0) is 29.3 Å². The molecule has 0 radical (unpaired) electrons. The molecule has 0 spiro atoms. The van der Waals surface area contributed by atoms with Gasteiger partial charge in [-0.05, 0) is 113 Å². The number of hydrogen-bond acceptors (Lipinski definition) is 8. The largest absolute Gasteiger partial charge is 0.465 e. The molecule has 2 N–H and O–H groups in total. The second-order valence-corrected chi connectivity index (χ2v) is 14.1. The number of nitrogens with zero attached hydrogens (tertiary/aromatic N) is 1. The van der Waals surface area contributed by atoms with Crippen LogP contribution < -0.4 is 0 Å². The van der Waals surface area contributed by atoms with Crippen molar-refractivity contribution in [2.24, 2.45) is 34.5 Å². The van der Waals surface area contributed by atoms with E-state index < -0.39 is 29.5 Å². The summed E-state index contributed by atoms with van der Waals surface area (Å²) in [6.07, 6.45) is 8.43. The molecule has 3 saturated carbocycles. The number of carbonyl (C=O) groups is 4. The van der Waals surface area contributed by atoms with E-state index >= 15 is 0 Å². The number of rotatable bonds is 6. The number of carbonyl (C=O) groups excluding carboxylic acids is 4. The maximum absolute atomic E-state index is 12.4. The van der Waals surface area contributed by atoms with Crippen LogP contribution in [-0.4, -0.2) is 78.4 Å². The van der Waals surface area contributed by atoms with Gasteiger partial charge in [0.05, 0.1) is 18.1 Å². The number of esters is 1. The van der Waals surface area contributed by atoms with Crippen molar-refractivity contribution in [3.63, 3.8) is 0 Å². The van der Waals surface area contributed by atoms with Crippen molar-refractivity contribution in [2.75, 3.05) is 33.4 Å². The third kappa shape index (κ3) is 6.20. The molecule has 6 rings (SSSR count). The first kappa shape index (κ1) is 35.5. The zero-order valence-electron chi connectivity index (χ0n) is 26.9. The van der Waals surface area contributed by atoms with Crippen molar-refractivity contribution in [1.29, 1.82) is 0 Å². The highest BCUT2D eigenvalue weighted by molar-refractivity contribution is 5.91. The van der Waals surface area contributed by atoms with Crippen molar-refractivity contribution >= 4 is 36.2 Å². The van der Waals surface area contributed by atoms with Gasteiger partial charge in [0, 0.05) is 17.8 Å². The third-order valence-electron chi connectivity index (χ3n) is 12.1. The fourth-order valence-electron chi connectivity index (χ4n) is 9.81. The van der Waals surface area contributed by atoms with Gasteiger partial charge in [-0.2, -0.15) is 0 Å². The van der Waals surface area contributed by atoms with Gasteiger partial charge in [0.1, 0.15) is 12.9 Å². The Balaban J connectivity index is 0.000000214. The molecule has 0 amide bonds. The predicted molar refractivity (Wildman–Crippen MR) is 173 cm³/mol. The highest BCUT2D eigenvalue weighted by Gasteiger charge is 2.64. The van der Waals surface area contributed by atoms with E-state index in [9.17, 15) is 29.4 Å². The molecule has 0 bridgehead atoms. The molecule has 1 saturated heterocycles. The van der Waals surface area contributed by atoms with Crippen molar-refractivity contribution in [1.82, 2.24) is 4.90 Å². The van der Waals surface area contributed by atoms with Crippen molar-refractivity contribution in [3.8, 4) is 0 Å². The molecule has 248 valence electrons. The smallest absolute Gasteiger partial charge is 0.316 e. The van der Waals surface area contributed by atoms with Gasteiger partial charge >= 0.3 is 5.97 Å². The van der Waals surface area contributed by atoms with E-state index in [1.807, 2.05) is 37.3 Å². The summed E-state index contributed by atoms with van der Waals surface area (Å²) in [7, 11) is 2.10. The van der Waals surface area contributed by atoms with Crippen LogP contribution in [0.1, 0.15) is 77.2 Å². The van der Waals surface area contributed by atoms with Crippen molar-refractivity contribution in [2.45, 2.75) is 83.2 Å². The highest BCUT2D eigenvalue weighted by atomic mass is 35.5. The van der Waals surface area contributed by atoms with Crippen molar-refractivity contribution in [3.05, 3.63) is 47.5 Å². The molecule has 4 fully saturated rings. The zero-order chi connectivity index (χ0) is 31.7. The fourth-order valence-corrected chi connectivity index (χ4v) is 9.81. The molecule has 8 nitrogen and oxygen atoms in total. The number of hydrogen-bond donors (Lipinski definition) is 2. The minimum absolute atomic E-state index is 0. The van der Waals surface area contributed by atoms with Gasteiger partial charge in [0.15, 0.2) is 11.6 Å². The van der Waals surface area contributed by atoms with E-state index in [0.29, 0.717) is 25.9 Å². The van der Waals surface area contributed by atoms with E-state index in [1.54, 1.807) is 6.08 Å². The van der Waals surface area contributed by atoms with E-state index in [1.165, 1.54) is 0 Å². The van der Waals surface area contributed by atoms with Crippen LogP contribution in [0.4, 0.5) is 0 Å². The molecule has 1 heterocycles. The van der Waals surface area contributed by atoms with Crippen LogP contribution in [0.3, 0.4) is 0 Å². The summed E-state index contributed by atoms with van der Waals surface area (Å²) in [6.45, 7) is 5.82. The second kappa shape index (κ2) is 14.2. The molecular weight excluding hydrogens is 594 g/mol. The molecule has 0 unspecified atom stereocenters. The van der Waals surface area contributed by atoms with Crippen LogP contribution in [0.5, 0.6) is 0 Å². The average Bonchev–Trinajstić information content (AvgIpc) is 3.41. The summed E-state index contributed by atoms with van der Waals surface area (Å²) >= 11 is 0. The number of aldehydes is 1. The average molecular weight is 644 g/mol. The van der Waals surface area contributed by atoms with E-state index in [-0.39, 0.29) is 53.1 Å². The first-order chi connectivity index (χ1) is 21.1. The number of piperidine rings is 1. The number of ether oxygens (including phenoxy) is 1. The molecule has 7 atom stereocenters. The first-order valence-corrected chi connectivity index (χ1v) is 16.5. The van der Waals surface area contributed by atoms with Crippen LogP contribution in [0.2, 0.25) is 0 Å². The number of allylic oxidation sites excluding steroid dienone is 1. The third-order valence-corrected chi connectivity index (χ3v) is 12.1. The summed E-state index contributed by atoms with van der Waals surface area (Å²) in [5.74, 6) is -0.306. The zero-order valence-corrected chi connectivity index (χ0v) is 27.7. The van der Waals surface area contributed by atoms with E-state index in [4.69, 9.17) is 4.74 Å². The topological polar surface area (TPSA) is 121 Å². The molecule has 9 heteroatoms. The standard InChI is InChI=1S/C21H28O5.C15H21NO2.ClH/c1-20-7-6-13(24)8-12(20)2-3-14-15-4-5-16(18(26)10-22)21(15,11-23)9-17(25)19(14)20;1-3-18-14(17)15(9-11-16(2)12-10-15)13-7-5-4-6-8-13;/h8,11,14-17,19,22,25H,2-7,9-10H2,1H3;4-8H,3,9-12H2,1-2H3;1H/t14-,15-,16+,17-,19+,20-,21+;;/m0../s1. The van der Waals surface area contributed by atoms with Gasteiger partial charge in [-0.25, -0.2) is 0 Å². The summed E-state index contributed by atoms with van der Waals surface area (Å²) in [5.41, 5.74) is 0.793. The number of aliphatic hydroxyl groups is 2. The summed E-state index contributed by atoms with van der Waals surface area (Å²) in [6, 6.07) is 10.1. The van der Waals surface area contributed by atoms with Crippen LogP contribution in [0.25, 0.3) is 0 Å². The SMILES string of the molecule is CCOC(=O)C1(c2ccccc2)CCN(C)CC1.C[C@]12CCC(=O)C=C1CC[C@@H]1[C@@H]2[C@@H](O)C[C@]2(C=O)[C@@H](C(=O)CO)CC[C@@H]12.Cl. The van der Waals surface area contributed by atoms with Crippen LogP contribution in [0.15, 0.2) is 42.0 Å². The van der Waals surface area contributed by atoms with Gasteiger partial charge < -0.3 is 24.6 Å². The maximum atomic E-state index is 12.4. The van der Waals surface area contributed by atoms with Gasteiger partial charge in [-0.15, -0.1) is 12.4 Å². The lowest BCUT2D eigenvalue weighted by Gasteiger charge is -2.59. The normalized spacial score (nSPS) is 35.2. The number of benzene rings is 1. The Bertz CT molecular complexity index is 1280.